The van der Waals surface area contributed by atoms with Gasteiger partial charge in [-0.2, -0.15) is 0 Å². The molecule has 0 atom stereocenters. The summed E-state index contributed by atoms with van der Waals surface area (Å²) in [4.78, 5) is 53.6. The first-order valence-electron chi connectivity index (χ1n) is 9.19. The lowest BCUT2D eigenvalue weighted by atomic mass is 9.74. The van der Waals surface area contributed by atoms with Crippen LogP contribution in [0.5, 0.6) is 0 Å². The van der Waals surface area contributed by atoms with Crippen molar-refractivity contribution in [2.24, 2.45) is 11.8 Å². The van der Waals surface area contributed by atoms with Gasteiger partial charge in [0.25, 0.3) is 0 Å². The van der Waals surface area contributed by atoms with Gasteiger partial charge in [-0.05, 0) is 54.3 Å². The summed E-state index contributed by atoms with van der Waals surface area (Å²) in [5.41, 5.74) is 0.417. The van der Waals surface area contributed by atoms with Gasteiger partial charge in [0.15, 0.2) is 10.2 Å². The molecule has 2 saturated heterocycles. The monoisotopic (exact) mass is 489 g/mol. The molecule has 164 valence electrons. The number of benzene rings is 1. The first kappa shape index (κ1) is 23.4. The van der Waals surface area contributed by atoms with Crippen LogP contribution in [0.1, 0.15) is 11.5 Å². The molecule has 0 saturated carbocycles. The van der Waals surface area contributed by atoms with Crippen LogP contribution in [0, 0.1) is 11.8 Å². The molecular weight excluding hydrogens is 474 g/mol. The lowest BCUT2D eigenvalue weighted by molar-refractivity contribution is -0.140. The zero-order valence-electron chi connectivity index (χ0n) is 16.2. The van der Waals surface area contributed by atoms with Gasteiger partial charge < -0.3 is 21.3 Å². The number of halogens is 1. The number of carbonyl (C=O) groups excluding carboxylic acids is 4. The number of pyridine rings is 1. The molecule has 0 aliphatic carbocycles. The van der Waals surface area contributed by atoms with Gasteiger partial charge in [0.05, 0.1) is 0 Å². The minimum absolute atomic E-state index is 0.134. The maximum Gasteiger partial charge on any atom is 0.239 e. The highest BCUT2D eigenvalue weighted by Gasteiger charge is 2.49. The Morgan fingerprint density at radius 3 is 1.44 bits per heavy atom. The summed E-state index contributed by atoms with van der Waals surface area (Å²) in [6.07, 6.45) is 3.50. The Bertz CT molecular complexity index is 966. The lowest BCUT2D eigenvalue weighted by Crippen LogP contribution is -2.62. The van der Waals surface area contributed by atoms with E-state index >= 15 is 0 Å². The van der Waals surface area contributed by atoms with Crippen LogP contribution in [0.4, 0.5) is 0 Å². The molecule has 0 unspecified atom stereocenters. The van der Waals surface area contributed by atoms with Gasteiger partial charge in [0.1, 0.15) is 11.8 Å². The van der Waals surface area contributed by atoms with Crippen LogP contribution in [0.3, 0.4) is 0 Å². The molecule has 2 fully saturated rings. The summed E-state index contributed by atoms with van der Waals surface area (Å²) in [6, 6.07) is 11.9. The number of amides is 4. The fourth-order valence-corrected chi connectivity index (χ4v) is 3.81. The van der Waals surface area contributed by atoms with Crippen molar-refractivity contribution >= 4 is 69.9 Å². The average Bonchev–Trinajstić information content (AvgIpc) is 2.74. The summed E-state index contributed by atoms with van der Waals surface area (Å²) in [6.45, 7) is 0. The molecule has 4 rings (SSSR count). The van der Waals surface area contributed by atoms with E-state index in [1.807, 2.05) is 18.2 Å². The molecule has 4 amide bonds. The molecule has 1 aromatic heterocycles. The molecule has 32 heavy (non-hydrogen) atoms. The van der Waals surface area contributed by atoms with E-state index in [4.69, 9.17) is 36.0 Å². The SMILES string of the molecule is O=C1NC(=S)NC(=O)C1C(c1ccc(Cl)cc1)C1C(=O)NC(=S)NC1=O.c1ccncc1. The number of hydrogen-bond acceptors (Lipinski definition) is 7. The van der Waals surface area contributed by atoms with Gasteiger partial charge in [0, 0.05) is 23.3 Å². The Kier molecular flexibility index (Phi) is 7.57. The summed E-state index contributed by atoms with van der Waals surface area (Å²) in [5.74, 6) is -6.59. The molecule has 0 radical (unpaired) electrons. The van der Waals surface area contributed by atoms with Crippen molar-refractivity contribution in [3.8, 4) is 0 Å². The van der Waals surface area contributed by atoms with Crippen LogP contribution in [-0.2, 0) is 19.2 Å². The quantitative estimate of drug-likeness (QED) is 0.370. The summed E-state index contributed by atoms with van der Waals surface area (Å²) >= 11 is 15.5. The summed E-state index contributed by atoms with van der Waals surface area (Å²) in [5, 5.41) is 9.53. The van der Waals surface area contributed by atoms with E-state index in [-0.39, 0.29) is 10.2 Å². The van der Waals surface area contributed by atoms with Gasteiger partial charge in [-0.15, -0.1) is 0 Å². The largest absolute Gasteiger partial charge is 0.302 e. The number of hydrogen-bond donors (Lipinski definition) is 4. The Morgan fingerprint density at radius 1 is 0.719 bits per heavy atom. The van der Waals surface area contributed by atoms with Crippen molar-refractivity contribution in [3.63, 3.8) is 0 Å². The third-order valence-corrected chi connectivity index (χ3v) is 5.28. The fourth-order valence-electron chi connectivity index (χ4n) is 3.29. The molecule has 3 heterocycles. The number of aromatic nitrogens is 1. The Morgan fingerprint density at radius 2 is 1.12 bits per heavy atom. The smallest absolute Gasteiger partial charge is 0.239 e. The van der Waals surface area contributed by atoms with Crippen molar-refractivity contribution in [1.29, 1.82) is 0 Å². The molecule has 9 nitrogen and oxygen atoms in total. The number of nitrogens with one attached hydrogen (secondary N) is 4. The molecule has 0 bridgehead atoms. The minimum atomic E-state index is -1.35. The standard InChI is InChI=1S/C15H11ClN4O4S2.C5H5N/c16-6-3-1-5(2-4-6)7(8-10(21)17-14(25)18-11(8)22)9-12(23)19-15(26)20-13(9)24;1-2-4-6-5-3-1/h1-4,7-9H,(H2,17,18,21,22,25)(H2,19,20,23,24,26);1-5H. The van der Waals surface area contributed by atoms with Crippen molar-refractivity contribution in [2.75, 3.05) is 0 Å². The van der Waals surface area contributed by atoms with Crippen LogP contribution in [-0.4, -0.2) is 38.8 Å². The fraction of sp³-hybridized carbons (Fsp3) is 0.150. The Hall–Kier alpha value is -3.28. The van der Waals surface area contributed by atoms with Crippen molar-refractivity contribution < 1.29 is 19.2 Å². The predicted molar refractivity (Wildman–Crippen MR) is 123 cm³/mol. The van der Waals surface area contributed by atoms with E-state index in [9.17, 15) is 19.2 Å². The Balaban J connectivity index is 0.000000416. The number of carbonyl (C=O) groups is 4. The molecule has 4 N–H and O–H groups in total. The van der Waals surface area contributed by atoms with Crippen molar-refractivity contribution in [3.05, 3.63) is 65.4 Å². The third-order valence-electron chi connectivity index (χ3n) is 4.62. The van der Waals surface area contributed by atoms with E-state index in [0.717, 1.165) is 0 Å². The van der Waals surface area contributed by atoms with Crippen LogP contribution < -0.4 is 21.3 Å². The molecule has 0 spiro atoms. The molecule has 2 aromatic rings. The highest BCUT2D eigenvalue weighted by atomic mass is 35.5. The van der Waals surface area contributed by atoms with Gasteiger partial charge in [-0.3, -0.25) is 24.2 Å². The maximum absolute atomic E-state index is 12.4. The maximum atomic E-state index is 12.4. The highest BCUT2D eigenvalue weighted by molar-refractivity contribution is 7.80. The van der Waals surface area contributed by atoms with Crippen molar-refractivity contribution in [1.82, 2.24) is 26.3 Å². The topological polar surface area (TPSA) is 129 Å². The predicted octanol–water partition coefficient (Wildman–Crippen LogP) is 0.799. The molecule has 1 aromatic carbocycles. The second-order valence-corrected chi connectivity index (χ2v) is 7.93. The van der Waals surface area contributed by atoms with E-state index in [2.05, 4.69) is 26.3 Å². The van der Waals surface area contributed by atoms with Gasteiger partial charge in [0.2, 0.25) is 23.6 Å². The van der Waals surface area contributed by atoms with Gasteiger partial charge in [-0.1, -0.05) is 29.8 Å². The highest BCUT2D eigenvalue weighted by Crippen LogP contribution is 2.35. The second-order valence-electron chi connectivity index (χ2n) is 6.67. The van der Waals surface area contributed by atoms with Crippen LogP contribution >= 0.6 is 36.0 Å². The minimum Gasteiger partial charge on any atom is -0.302 e. The molecule has 2 aliphatic rings. The normalized spacial score (nSPS) is 17.1. The zero-order valence-corrected chi connectivity index (χ0v) is 18.6. The third kappa shape index (κ3) is 5.49. The second kappa shape index (κ2) is 10.4. The van der Waals surface area contributed by atoms with Crippen LogP contribution in [0.25, 0.3) is 0 Å². The molecular formula is C20H16ClN5O4S2. The van der Waals surface area contributed by atoms with Gasteiger partial charge in [-0.25, -0.2) is 0 Å². The number of rotatable bonds is 3. The molecule has 12 heteroatoms. The first-order chi connectivity index (χ1) is 15.3. The average molecular weight is 490 g/mol. The lowest BCUT2D eigenvalue weighted by Gasteiger charge is -2.35. The van der Waals surface area contributed by atoms with E-state index in [1.165, 1.54) is 12.1 Å². The van der Waals surface area contributed by atoms with E-state index < -0.39 is 41.4 Å². The summed E-state index contributed by atoms with van der Waals surface area (Å²) < 4.78 is 0. The number of thiocarbonyl (C=S) groups is 2. The van der Waals surface area contributed by atoms with Crippen LogP contribution in [0.2, 0.25) is 5.02 Å². The first-order valence-corrected chi connectivity index (χ1v) is 10.4. The van der Waals surface area contributed by atoms with Crippen molar-refractivity contribution in [2.45, 2.75) is 5.92 Å². The van der Waals surface area contributed by atoms with E-state index in [1.54, 1.807) is 24.5 Å². The molecule has 2 aliphatic heterocycles. The number of nitrogens with zero attached hydrogens (tertiary/aromatic N) is 1. The van der Waals surface area contributed by atoms with Crippen LogP contribution in [0.15, 0.2) is 54.9 Å². The Labute approximate surface area is 198 Å². The summed E-state index contributed by atoms with van der Waals surface area (Å²) in [7, 11) is 0. The van der Waals surface area contributed by atoms with Gasteiger partial charge >= 0.3 is 0 Å². The zero-order chi connectivity index (χ0) is 23.3. The van der Waals surface area contributed by atoms with E-state index in [0.29, 0.717) is 10.6 Å².